The van der Waals surface area contributed by atoms with Gasteiger partial charge in [0.2, 0.25) is 5.91 Å². The Bertz CT molecular complexity index is 865. The van der Waals surface area contributed by atoms with E-state index >= 15 is 0 Å². The lowest BCUT2D eigenvalue weighted by molar-refractivity contribution is -0.131. The highest BCUT2D eigenvalue weighted by molar-refractivity contribution is 7.10. The zero-order chi connectivity index (χ0) is 20.6. The predicted octanol–water partition coefficient (Wildman–Crippen LogP) is 2.41. The van der Waals surface area contributed by atoms with Gasteiger partial charge in [0.1, 0.15) is 0 Å². The lowest BCUT2D eigenvalue weighted by atomic mass is 10.1. The minimum absolute atomic E-state index is 0.171. The summed E-state index contributed by atoms with van der Waals surface area (Å²) in [5.74, 6) is 2.22. The third kappa shape index (κ3) is 5.41. The van der Waals surface area contributed by atoms with Gasteiger partial charge in [-0.1, -0.05) is 6.07 Å². The number of fused-ring (bicyclic) bond motifs is 1. The van der Waals surface area contributed by atoms with Crippen LogP contribution in [-0.2, 0) is 24.3 Å². The first-order chi connectivity index (χ1) is 14.1. The summed E-state index contributed by atoms with van der Waals surface area (Å²) >= 11 is 1.78. The number of methoxy groups -OCH3 is 2. The molecule has 0 spiro atoms. The van der Waals surface area contributed by atoms with Gasteiger partial charge in [-0.2, -0.15) is 0 Å². The Morgan fingerprint density at radius 1 is 1.21 bits per heavy atom. The highest BCUT2D eigenvalue weighted by Gasteiger charge is 2.21. The van der Waals surface area contributed by atoms with E-state index in [1.807, 2.05) is 23.1 Å². The van der Waals surface area contributed by atoms with Crippen LogP contribution >= 0.6 is 11.3 Å². The average molecular weight is 417 g/mol. The molecule has 0 saturated heterocycles. The molecule has 3 rings (SSSR count). The van der Waals surface area contributed by atoms with Crippen molar-refractivity contribution >= 4 is 23.2 Å². The molecule has 0 radical (unpaired) electrons. The SMILES string of the molecule is CN=C(NCCC(=O)N1CCc2sccc2C1)NCc1ccc(OC)c(OC)c1. The van der Waals surface area contributed by atoms with Crippen LogP contribution in [0.25, 0.3) is 0 Å². The van der Waals surface area contributed by atoms with Crippen molar-refractivity contribution in [3.05, 3.63) is 45.6 Å². The van der Waals surface area contributed by atoms with E-state index in [1.165, 1.54) is 10.4 Å². The summed E-state index contributed by atoms with van der Waals surface area (Å²) < 4.78 is 10.6. The Hall–Kier alpha value is -2.74. The van der Waals surface area contributed by atoms with Crippen molar-refractivity contribution in [2.45, 2.75) is 25.9 Å². The van der Waals surface area contributed by atoms with Crippen molar-refractivity contribution < 1.29 is 14.3 Å². The standard InChI is InChI=1S/C21H28N4O3S/c1-22-21(24-13-15-4-5-17(27-2)18(12-15)28-3)23-9-6-20(26)25-10-7-19-16(14-25)8-11-29-19/h4-5,8,11-12H,6-7,9-10,13-14H2,1-3H3,(H2,22,23,24). The number of thiophene rings is 1. The van der Waals surface area contributed by atoms with Gasteiger partial charge in [0, 0.05) is 44.5 Å². The molecule has 2 N–H and O–H groups in total. The molecule has 156 valence electrons. The third-order valence-corrected chi connectivity index (χ3v) is 5.95. The Morgan fingerprint density at radius 2 is 2.03 bits per heavy atom. The number of guanidine groups is 1. The van der Waals surface area contributed by atoms with Gasteiger partial charge in [-0.3, -0.25) is 9.79 Å². The monoisotopic (exact) mass is 416 g/mol. The molecule has 0 saturated carbocycles. The number of carbonyl (C=O) groups is 1. The Labute approximate surface area is 175 Å². The van der Waals surface area contributed by atoms with Gasteiger partial charge >= 0.3 is 0 Å². The molecular weight excluding hydrogens is 388 g/mol. The number of nitrogens with zero attached hydrogens (tertiary/aromatic N) is 2. The highest BCUT2D eigenvalue weighted by Crippen LogP contribution is 2.27. The summed E-state index contributed by atoms with van der Waals surface area (Å²) in [6.45, 7) is 2.65. The molecule has 0 atom stereocenters. The van der Waals surface area contributed by atoms with Gasteiger partial charge < -0.3 is 25.0 Å². The fraction of sp³-hybridized carbons (Fsp3) is 0.429. The number of ether oxygens (including phenoxy) is 2. The summed E-state index contributed by atoms with van der Waals surface area (Å²) in [5, 5.41) is 8.57. The van der Waals surface area contributed by atoms with Crippen molar-refractivity contribution in [1.29, 1.82) is 0 Å². The lowest BCUT2D eigenvalue weighted by Gasteiger charge is -2.27. The summed E-state index contributed by atoms with van der Waals surface area (Å²) in [4.78, 5) is 20.1. The zero-order valence-corrected chi connectivity index (χ0v) is 18.0. The molecule has 1 aromatic carbocycles. The Kier molecular flexibility index (Phi) is 7.35. The molecule has 7 nitrogen and oxygen atoms in total. The maximum Gasteiger partial charge on any atom is 0.224 e. The van der Waals surface area contributed by atoms with Crippen molar-refractivity contribution in [1.82, 2.24) is 15.5 Å². The van der Waals surface area contributed by atoms with Crippen LogP contribution in [0.3, 0.4) is 0 Å². The van der Waals surface area contributed by atoms with Gasteiger partial charge in [0.15, 0.2) is 17.5 Å². The number of rotatable bonds is 7. The molecule has 2 heterocycles. The minimum atomic E-state index is 0.171. The molecule has 0 aliphatic carbocycles. The maximum atomic E-state index is 12.5. The van der Waals surface area contributed by atoms with Crippen molar-refractivity contribution in [2.24, 2.45) is 4.99 Å². The zero-order valence-electron chi connectivity index (χ0n) is 17.2. The van der Waals surface area contributed by atoms with Gasteiger partial charge in [-0.05, 0) is 41.1 Å². The van der Waals surface area contributed by atoms with Crippen LogP contribution in [0.5, 0.6) is 11.5 Å². The van der Waals surface area contributed by atoms with Gasteiger partial charge in [0.05, 0.1) is 14.2 Å². The molecule has 1 amide bonds. The number of hydrogen-bond donors (Lipinski definition) is 2. The van der Waals surface area contributed by atoms with Crippen LogP contribution < -0.4 is 20.1 Å². The fourth-order valence-electron chi connectivity index (χ4n) is 3.30. The average Bonchev–Trinajstić information content (AvgIpc) is 3.23. The highest BCUT2D eigenvalue weighted by atomic mass is 32.1. The van der Waals surface area contributed by atoms with E-state index in [4.69, 9.17) is 9.47 Å². The first kappa shape index (κ1) is 21.0. The molecular formula is C21H28N4O3S. The van der Waals surface area contributed by atoms with Crippen molar-refractivity contribution in [2.75, 3.05) is 34.4 Å². The van der Waals surface area contributed by atoms with Crippen molar-refractivity contribution in [3.8, 4) is 11.5 Å². The molecule has 0 bridgehead atoms. The molecule has 1 aliphatic heterocycles. The summed E-state index contributed by atoms with van der Waals surface area (Å²) in [5.41, 5.74) is 2.33. The number of nitrogens with one attached hydrogen (secondary N) is 2. The maximum absolute atomic E-state index is 12.5. The quantitative estimate of drug-likeness (QED) is 0.536. The molecule has 1 aliphatic rings. The fourth-order valence-corrected chi connectivity index (χ4v) is 4.19. The Morgan fingerprint density at radius 3 is 2.79 bits per heavy atom. The van der Waals surface area contributed by atoms with E-state index in [0.717, 1.165) is 25.1 Å². The van der Waals surface area contributed by atoms with Crippen LogP contribution in [-0.4, -0.2) is 51.1 Å². The van der Waals surface area contributed by atoms with E-state index in [0.29, 0.717) is 37.0 Å². The largest absolute Gasteiger partial charge is 0.493 e. The normalized spacial score (nSPS) is 13.6. The number of benzene rings is 1. The molecule has 0 unspecified atom stereocenters. The smallest absolute Gasteiger partial charge is 0.224 e. The summed E-state index contributed by atoms with van der Waals surface area (Å²) in [6, 6.07) is 7.90. The number of amides is 1. The molecule has 29 heavy (non-hydrogen) atoms. The predicted molar refractivity (Wildman–Crippen MR) is 116 cm³/mol. The van der Waals surface area contributed by atoms with Crippen LogP contribution in [0.1, 0.15) is 22.4 Å². The second-order valence-corrected chi connectivity index (χ2v) is 7.73. The van der Waals surface area contributed by atoms with E-state index in [-0.39, 0.29) is 5.91 Å². The second kappa shape index (κ2) is 10.2. The van der Waals surface area contributed by atoms with Crippen LogP contribution in [0, 0.1) is 0 Å². The number of carbonyl (C=O) groups excluding carboxylic acids is 1. The summed E-state index contributed by atoms with van der Waals surface area (Å²) in [6.07, 6.45) is 1.40. The van der Waals surface area contributed by atoms with Crippen molar-refractivity contribution in [3.63, 3.8) is 0 Å². The minimum Gasteiger partial charge on any atom is -0.493 e. The topological polar surface area (TPSA) is 75.2 Å². The second-order valence-electron chi connectivity index (χ2n) is 6.73. The number of hydrogen-bond acceptors (Lipinski definition) is 5. The molecule has 8 heteroatoms. The molecule has 1 aromatic heterocycles. The van der Waals surface area contributed by atoms with Gasteiger partial charge in [-0.25, -0.2) is 0 Å². The first-order valence-corrected chi connectivity index (χ1v) is 10.5. The van der Waals surface area contributed by atoms with Crippen LogP contribution in [0.15, 0.2) is 34.6 Å². The van der Waals surface area contributed by atoms with Gasteiger partial charge in [0.25, 0.3) is 0 Å². The van der Waals surface area contributed by atoms with E-state index in [2.05, 4.69) is 27.1 Å². The summed E-state index contributed by atoms with van der Waals surface area (Å²) in [7, 11) is 4.95. The van der Waals surface area contributed by atoms with E-state index in [9.17, 15) is 4.79 Å². The molecule has 0 fully saturated rings. The number of aliphatic imine (C=N–C) groups is 1. The van der Waals surface area contributed by atoms with Gasteiger partial charge in [-0.15, -0.1) is 11.3 Å². The third-order valence-electron chi connectivity index (χ3n) is 4.92. The van der Waals surface area contributed by atoms with Crippen LogP contribution in [0.4, 0.5) is 0 Å². The Balaban J connectivity index is 1.43. The first-order valence-electron chi connectivity index (χ1n) is 9.63. The lowest BCUT2D eigenvalue weighted by Crippen LogP contribution is -2.40. The van der Waals surface area contributed by atoms with E-state index in [1.54, 1.807) is 32.6 Å². The van der Waals surface area contributed by atoms with Crippen LogP contribution in [0.2, 0.25) is 0 Å². The van der Waals surface area contributed by atoms with E-state index < -0.39 is 0 Å². The molecule has 2 aromatic rings.